The summed E-state index contributed by atoms with van der Waals surface area (Å²) in [4.78, 5) is 0. The van der Waals surface area contributed by atoms with Gasteiger partial charge in [0.2, 0.25) is 0 Å². The van der Waals surface area contributed by atoms with Crippen LogP contribution in [-0.2, 0) is 4.32 Å². The zero-order valence-electron chi connectivity index (χ0n) is 11.9. The lowest BCUT2D eigenvalue weighted by Gasteiger charge is -2.38. The van der Waals surface area contributed by atoms with Crippen LogP contribution in [0.2, 0.25) is 0 Å². The highest BCUT2D eigenvalue weighted by molar-refractivity contribution is 9.12. The second-order valence-electron chi connectivity index (χ2n) is 5.33. The molecule has 1 nitrogen and oxygen atoms in total. The van der Waals surface area contributed by atoms with Crippen molar-refractivity contribution in [2.45, 2.75) is 10.4 Å². The minimum absolute atomic E-state index is 0.177. The highest BCUT2D eigenvalue weighted by Gasteiger charge is 2.42. The van der Waals surface area contributed by atoms with Gasteiger partial charge in [0, 0.05) is 19.5 Å². The summed E-state index contributed by atoms with van der Waals surface area (Å²) in [6.45, 7) is 0. The first-order chi connectivity index (χ1) is 10.9. The molecule has 2 aromatic carbocycles. The van der Waals surface area contributed by atoms with Gasteiger partial charge in [-0.3, -0.25) is 0 Å². The molecular weight excluding hydrogens is 550 g/mol. The maximum absolute atomic E-state index is 6.49. The number of alkyl halides is 1. The van der Waals surface area contributed by atoms with E-state index in [2.05, 4.69) is 88.0 Å². The molecule has 0 heterocycles. The van der Waals surface area contributed by atoms with Crippen LogP contribution in [0.15, 0.2) is 74.1 Å². The quantitative estimate of drug-likeness (QED) is 0.415. The lowest BCUT2D eigenvalue weighted by atomic mass is 9.79. The molecule has 5 heteroatoms. The lowest BCUT2D eigenvalue weighted by molar-refractivity contribution is 0.686. The van der Waals surface area contributed by atoms with Crippen molar-refractivity contribution in [3.8, 4) is 0 Å². The number of rotatable bonds is 2. The van der Waals surface area contributed by atoms with Gasteiger partial charge in [-0.2, -0.15) is 0 Å². The Labute approximate surface area is 169 Å². The van der Waals surface area contributed by atoms with E-state index in [1.807, 2.05) is 36.4 Å². The highest BCUT2D eigenvalue weighted by atomic mass is 79.9. The molecule has 0 bridgehead atoms. The summed E-state index contributed by atoms with van der Waals surface area (Å²) in [5, 5.41) is 0. The normalized spacial score (nSPS) is 24.1. The Balaban J connectivity index is 2.21. The average molecular weight is 563 g/mol. The van der Waals surface area contributed by atoms with Crippen LogP contribution in [0.4, 0.5) is 0 Å². The fourth-order valence-electron chi connectivity index (χ4n) is 2.74. The van der Waals surface area contributed by atoms with Crippen LogP contribution in [0, 0.1) is 0 Å². The number of allylic oxidation sites excluding steroid dienone is 2. The highest BCUT2D eigenvalue weighted by Crippen LogP contribution is 2.51. The Bertz CT molecular complexity index is 778. The van der Waals surface area contributed by atoms with E-state index in [0.29, 0.717) is 0 Å². The molecule has 2 N–H and O–H groups in total. The van der Waals surface area contributed by atoms with Crippen LogP contribution in [0.3, 0.4) is 0 Å². The topological polar surface area (TPSA) is 26.0 Å². The maximum Gasteiger partial charge on any atom is 0.0957 e. The molecule has 1 aliphatic carbocycles. The van der Waals surface area contributed by atoms with Crippen molar-refractivity contribution in [1.29, 1.82) is 0 Å². The van der Waals surface area contributed by atoms with E-state index in [-0.39, 0.29) is 6.04 Å². The summed E-state index contributed by atoms with van der Waals surface area (Å²) < 4.78 is 2.64. The van der Waals surface area contributed by atoms with E-state index in [4.69, 9.17) is 5.73 Å². The molecule has 3 rings (SSSR count). The number of hydrogen-bond donors (Lipinski definition) is 1. The van der Waals surface area contributed by atoms with Crippen molar-refractivity contribution in [3.05, 3.63) is 85.2 Å². The van der Waals surface area contributed by atoms with E-state index in [1.165, 1.54) is 0 Å². The monoisotopic (exact) mass is 559 g/mol. The Hall–Kier alpha value is -0.200. The fraction of sp³-hybridized carbons (Fsp3) is 0.111. The maximum atomic E-state index is 6.49. The summed E-state index contributed by atoms with van der Waals surface area (Å²) in [6, 6.07) is 16.4. The minimum atomic E-state index is -0.491. The molecule has 0 spiro atoms. The smallest absolute Gasteiger partial charge is 0.0957 e. The predicted molar refractivity (Wildman–Crippen MR) is 112 cm³/mol. The Morgan fingerprint density at radius 2 is 1.35 bits per heavy atom. The Morgan fingerprint density at radius 1 is 0.826 bits per heavy atom. The first-order valence-electron chi connectivity index (χ1n) is 6.98. The first kappa shape index (κ1) is 17.6. The largest absolute Gasteiger partial charge is 0.323 e. The summed E-state index contributed by atoms with van der Waals surface area (Å²) >= 11 is 14.7. The number of hydrogen-bond acceptors (Lipinski definition) is 1. The summed E-state index contributed by atoms with van der Waals surface area (Å²) in [7, 11) is 0. The number of halogens is 4. The molecule has 0 fully saturated rings. The van der Waals surface area contributed by atoms with Crippen LogP contribution in [0.1, 0.15) is 11.1 Å². The third-order valence-corrected chi connectivity index (χ3v) is 7.01. The molecular formula is C18H13Br4N. The van der Waals surface area contributed by atoms with E-state index >= 15 is 0 Å². The van der Waals surface area contributed by atoms with Gasteiger partial charge in [-0.1, -0.05) is 94.1 Å². The molecule has 2 atom stereocenters. The van der Waals surface area contributed by atoms with Gasteiger partial charge in [0.05, 0.1) is 4.32 Å². The molecule has 1 aliphatic rings. The second kappa shape index (κ2) is 6.96. The summed E-state index contributed by atoms with van der Waals surface area (Å²) in [5.74, 6) is 0. The SMILES string of the molecule is NC1C=CC(Br)=C(c2ccc(Br)cc2)C1(Br)c1ccc(Br)cc1. The van der Waals surface area contributed by atoms with E-state index in [9.17, 15) is 0 Å². The van der Waals surface area contributed by atoms with Crippen LogP contribution < -0.4 is 5.73 Å². The van der Waals surface area contributed by atoms with E-state index < -0.39 is 4.32 Å². The van der Waals surface area contributed by atoms with Crippen LogP contribution in [-0.4, -0.2) is 6.04 Å². The van der Waals surface area contributed by atoms with Crippen molar-refractivity contribution in [1.82, 2.24) is 0 Å². The molecule has 0 saturated heterocycles. The molecule has 0 radical (unpaired) electrons. The van der Waals surface area contributed by atoms with Crippen LogP contribution in [0.25, 0.3) is 5.57 Å². The lowest BCUT2D eigenvalue weighted by Crippen LogP contribution is -2.42. The molecule has 2 aromatic rings. The number of nitrogens with two attached hydrogens (primary N) is 1. The van der Waals surface area contributed by atoms with Crippen molar-refractivity contribution >= 4 is 69.3 Å². The van der Waals surface area contributed by atoms with Gasteiger partial charge in [-0.05, 0) is 47.0 Å². The van der Waals surface area contributed by atoms with Gasteiger partial charge in [0.1, 0.15) is 0 Å². The van der Waals surface area contributed by atoms with Crippen molar-refractivity contribution in [2.24, 2.45) is 5.73 Å². The van der Waals surface area contributed by atoms with Gasteiger partial charge in [0.15, 0.2) is 0 Å². The van der Waals surface area contributed by atoms with E-state index in [0.717, 1.165) is 30.1 Å². The third-order valence-electron chi connectivity index (χ3n) is 3.91. The summed E-state index contributed by atoms with van der Waals surface area (Å²) in [6.07, 6.45) is 4.05. The predicted octanol–water partition coefficient (Wildman–Crippen LogP) is 6.51. The Kier molecular flexibility index (Phi) is 5.33. The number of benzene rings is 2. The minimum Gasteiger partial charge on any atom is -0.323 e. The molecule has 0 amide bonds. The van der Waals surface area contributed by atoms with Crippen LogP contribution >= 0.6 is 63.7 Å². The molecule has 0 aromatic heterocycles. The van der Waals surface area contributed by atoms with E-state index in [1.54, 1.807) is 0 Å². The molecule has 0 saturated carbocycles. The van der Waals surface area contributed by atoms with Gasteiger partial charge in [0.25, 0.3) is 0 Å². The van der Waals surface area contributed by atoms with Crippen molar-refractivity contribution in [2.75, 3.05) is 0 Å². The Morgan fingerprint density at radius 3 is 1.91 bits per heavy atom. The summed E-state index contributed by atoms with van der Waals surface area (Å²) in [5.41, 5.74) is 9.86. The zero-order valence-corrected chi connectivity index (χ0v) is 18.3. The average Bonchev–Trinajstić information content (AvgIpc) is 2.54. The molecule has 0 aliphatic heterocycles. The third kappa shape index (κ3) is 3.31. The molecule has 118 valence electrons. The second-order valence-corrected chi connectivity index (χ2v) is 9.27. The van der Waals surface area contributed by atoms with Gasteiger partial charge in [-0.15, -0.1) is 0 Å². The first-order valence-corrected chi connectivity index (χ1v) is 10.1. The van der Waals surface area contributed by atoms with Gasteiger partial charge >= 0.3 is 0 Å². The molecule has 2 unspecified atom stereocenters. The van der Waals surface area contributed by atoms with Gasteiger partial charge in [-0.25, -0.2) is 0 Å². The fourth-order valence-corrected chi connectivity index (χ4v) is 5.09. The van der Waals surface area contributed by atoms with Crippen LogP contribution in [0.5, 0.6) is 0 Å². The standard InChI is InChI=1S/C18H13Br4N/c19-13-5-1-11(2-6-13)17-15(21)9-10-16(23)18(17,22)12-3-7-14(20)8-4-12/h1-10,16H,23H2. The molecule has 23 heavy (non-hydrogen) atoms. The zero-order chi connectivity index (χ0) is 16.6. The van der Waals surface area contributed by atoms with Crippen molar-refractivity contribution < 1.29 is 0 Å². The van der Waals surface area contributed by atoms with Crippen molar-refractivity contribution in [3.63, 3.8) is 0 Å². The van der Waals surface area contributed by atoms with Gasteiger partial charge < -0.3 is 5.73 Å².